The van der Waals surface area contributed by atoms with Crippen LogP contribution in [0.15, 0.2) is 34.8 Å². The van der Waals surface area contributed by atoms with Gasteiger partial charge in [0, 0.05) is 4.47 Å². The first kappa shape index (κ1) is 9.66. The molecule has 0 fully saturated rings. The van der Waals surface area contributed by atoms with Gasteiger partial charge < -0.3 is 0 Å². The molecule has 0 bridgehead atoms. The molecular weight excluding hydrogens is 215 g/mol. The van der Waals surface area contributed by atoms with Crippen LogP contribution in [0.25, 0.3) is 0 Å². The van der Waals surface area contributed by atoms with E-state index in [1.54, 1.807) is 0 Å². The monoisotopic (exact) mass is 220 g/mol. The van der Waals surface area contributed by atoms with Crippen molar-refractivity contribution in [2.75, 3.05) is 0 Å². The number of hydrogen-bond donors (Lipinski definition) is 0. The Morgan fingerprint density at radius 3 is 1.90 bits per heavy atom. The van der Waals surface area contributed by atoms with Gasteiger partial charge in [0.25, 0.3) is 0 Å². The number of hydrogen-bond acceptors (Lipinski definition) is 1. The van der Waals surface area contributed by atoms with Crippen molar-refractivity contribution in [2.45, 2.75) is 0 Å². The molecule has 10 heavy (non-hydrogen) atoms. The molecule has 0 aliphatic rings. The van der Waals surface area contributed by atoms with Crippen LogP contribution in [0.5, 0.6) is 0 Å². The van der Waals surface area contributed by atoms with Gasteiger partial charge in [-0.1, -0.05) is 34.1 Å². The average molecular weight is 221 g/mol. The highest BCUT2D eigenvalue weighted by atomic mass is 79.9. The summed E-state index contributed by atoms with van der Waals surface area (Å²) in [4.78, 5) is 8.57. The Balaban J connectivity index is 0.000000236. The van der Waals surface area contributed by atoms with Crippen LogP contribution in [0.3, 0.4) is 0 Å². The van der Waals surface area contributed by atoms with E-state index in [0.717, 1.165) is 4.47 Å². The molecule has 0 spiro atoms. The van der Waals surface area contributed by atoms with Gasteiger partial charge in [0.15, 0.2) is 0 Å². The van der Waals surface area contributed by atoms with E-state index in [-0.39, 0.29) is 5.75 Å². The normalized spacial score (nSPS) is 7.40. The molecule has 0 radical (unpaired) electrons. The predicted molar refractivity (Wildman–Crippen MR) is 46.7 cm³/mol. The molecule has 1 rings (SSSR count). The summed E-state index contributed by atoms with van der Waals surface area (Å²) in [5, 5.41) is 0. The molecular formula is C7H6BrClO. The summed E-state index contributed by atoms with van der Waals surface area (Å²) in [6.45, 7) is 0. The molecule has 3 heteroatoms. The Labute approximate surface area is 73.1 Å². The third-order valence-electron chi connectivity index (χ3n) is 0.733. The minimum Gasteiger partial charge on any atom is -0.285 e. The van der Waals surface area contributed by atoms with Gasteiger partial charge in [-0.2, -0.15) is 0 Å². The molecule has 0 unspecified atom stereocenters. The summed E-state index contributed by atoms with van der Waals surface area (Å²) < 4.78 is 1.13. The highest BCUT2D eigenvalue weighted by Gasteiger charge is 1.74. The van der Waals surface area contributed by atoms with Crippen molar-refractivity contribution in [3.8, 4) is 0 Å². The molecule has 1 aromatic carbocycles. The Bertz CT molecular complexity index is 176. The summed E-state index contributed by atoms with van der Waals surface area (Å²) in [6, 6.07) is 9.97. The van der Waals surface area contributed by atoms with Gasteiger partial charge in [-0.3, -0.25) is 4.79 Å². The number of benzene rings is 1. The molecule has 0 aromatic heterocycles. The summed E-state index contributed by atoms with van der Waals surface area (Å²) in [5.41, 5.74) is 0. The Hall–Kier alpha value is -0.340. The molecule has 0 saturated heterocycles. The van der Waals surface area contributed by atoms with Crippen molar-refractivity contribution in [1.82, 2.24) is 0 Å². The minimum absolute atomic E-state index is 0.222. The summed E-state index contributed by atoms with van der Waals surface area (Å²) in [5.74, 6) is 0.222. The zero-order valence-corrected chi connectivity index (χ0v) is 7.47. The van der Waals surface area contributed by atoms with E-state index in [1.165, 1.54) is 0 Å². The average Bonchev–Trinajstić information content (AvgIpc) is 1.91. The quantitative estimate of drug-likeness (QED) is 0.486. The lowest BCUT2D eigenvalue weighted by Gasteiger charge is -1.80. The number of rotatable bonds is 0. The lowest BCUT2D eigenvalue weighted by atomic mass is 10.4. The maximum absolute atomic E-state index is 8.57. The fourth-order valence-corrected chi connectivity index (χ4v) is 0.720. The lowest BCUT2D eigenvalue weighted by molar-refractivity contribution is 0.569. The zero-order chi connectivity index (χ0) is 7.82. The third-order valence-corrected chi connectivity index (χ3v) is 1.26. The van der Waals surface area contributed by atoms with Crippen LogP contribution in [0.4, 0.5) is 0 Å². The largest absolute Gasteiger partial charge is 0.285 e. The zero-order valence-electron chi connectivity index (χ0n) is 5.13. The van der Waals surface area contributed by atoms with Crippen molar-refractivity contribution in [1.29, 1.82) is 0 Å². The second kappa shape index (κ2) is 6.78. The standard InChI is InChI=1S/C6H5Br.CHClO/c7-6-4-2-1-3-5-6;2-1-3/h1-5H;1H. The first-order chi connectivity index (χ1) is 4.81. The molecule has 1 nitrogen and oxygen atoms in total. The maximum atomic E-state index is 8.57. The topological polar surface area (TPSA) is 17.1 Å². The van der Waals surface area contributed by atoms with Gasteiger partial charge in [0.05, 0.1) is 0 Å². The lowest BCUT2D eigenvalue weighted by Crippen LogP contribution is -1.55. The molecule has 0 amide bonds. The van der Waals surface area contributed by atoms with E-state index >= 15 is 0 Å². The second-order valence-electron chi connectivity index (χ2n) is 1.38. The van der Waals surface area contributed by atoms with Crippen molar-refractivity contribution < 1.29 is 4.79 Å². The van der Waals surface area contributed by atoms with E-state index in [9.17, 15) is 0 Å². The van der Waals surface area contributed by atoms with E-state index < -0.39 is 0 Å². The van der Waals surface area contributed by atoms with Crippen LogP contribution >= 0.6 is 27.5 Å². The van der Waals surface area contributed by atoms with Crippen LogP contribution in [-0.4, -0.2) is 5.75 Å². The van der Waals surface area contributed by atoms with Crippen molar-refractivity contribution in [2.24, 2.45) is 0 Å². The number of carbonyl (C=O) groups excluding carboxylic acids is 1. The van der Waals surface area contributed by atoms with Gasteiger partial charge in [0.2, 0.25) is 5.75 Å². The van der Waals surface area contributed by atoms with Crippen LogP contribution in [0.1, 0.15) is 0 Å². The SMILES string of the molecule is Brc1ccccc1.O=CCl. The molecule has 1 aromatic rings. The van der Waals surface area contributed by atoms with Crippen molar-refractivity contribution in [3.05, 3.63) is 34.8 Å². The first-order valence-electron chi connectivity index (χ1n) is 2.55. The number of halogens is 2. The van der Waals surface area contributed by atoms with Gasteiger partial charge in [-0.05, 0) is 23.7 Å². The fraction of sp³-hybridized carbons (Fsp3) is 0. The summed E-state index contributed by atoms with van der Waals surface area (Å²) in [6.07, 6.45) is 0. The summed E-state index contributed by atoms with van der Waals surface area (Å²) in [7, 11) is 0. The van der Waals surface area contributed by atoms with Crippen LogP contribution < -0.4 is 0 Å². The van der Waals surface area contributed by atoms with E-state index in [1.807, 2.05) is 30.3 Å². The highest BCUT2D eigenvalue weighted by Crippen LogP contribution is 2.05. The van der Waals surface area contributed by atoms with Crippen molar-refractivity contribution in [3.63, 3.8) is 0 Å². The van der Waals surface area contributed by atoms with Crippen LogP contribution in [0.2, 0.25) is 0 Å². The fourth-order valence-electron chi connectivity index (χ4n) is 0.415. The van der Waals surface area contributed by atoms with Crippen LogP contribution in [-0.2, 0) is 4.79 Å². The second-order valence-corrected chi connectivity index (χ2v) is 2.48. The van der Waals surface area contributed by atoms with Crippen molar-refractivity contribution >= 4 is 33.3 Å². The predicted octanol–water partition coefficient (Wildman–Crippen LogP) is 2.86. The van der Waals surface area contributed by atoms with Gasteiger partial charge in [-0.25, -0.2) is 0 Å². The van der Waals surface area contributed by atoms with E-state index in [4.69, 9.17) is 4.79 Å². The first-order valence-corrected chi connectivity index (χ1v) is 3.78. The highest BCUT2D eigenvalue weighted by molar-refractivity contribution is 9.10. The molecule has 0 saturated carbocycles. The third kappa shape index (κ3) is 5.79. The molecule has 0 aliphatic carbocycles. The Morgan fingerprint density at radius 1 is 1.30 bits per heavy atom. The molecule has 0 atom stereocenters. The van der Waals surface area contributed by atoms with Crippen LogP contribution in [0, 0.1) is 0 Å². The molecule has 0 N–H and O–H groups in total. The summed E-state index contributed by atoms with van der Waals surface area (Å²) >= 11 is 7.63. The van der Waals surface area contributed by atoms with Gasteiger partial charge >= 0.3 is 0 Å². The Kier molecular flexibility index (Phi) is 6.55. The van der Waals surface area contributed by atoms with E-state index in [2.05, 4.69) is 27.5 Å². The molecule has 0 aliphatic heterocycles. The molecule has 54 valence electrons. The Morgan fingerprint density at radius 2 is 1.70 bits per heavy atom. The van der Waals surface area contributed by atoms with E-state index in [0.29, 0.717) is 0 Å². The smallest absolute Gasteiger partial charge is 0.208 e. The molecule has 0 heterocycles. The number of carbonyl (C=O) groups is 1. The van der Waals surface area contributed by atoms with Gasteiger partial charge in [0.1, 0.15) is 0 Å². The van der Waals surface area contributed by atoms with Gasteiger partial charge in [-0.15, -0.1) is 0 Å². The maximum Gasteiger partial charge on any atom is 0.208 e. The minimum atomic E-state index is 0.222.